The number of ether oxygens (including phenoxy) is 2. The number of allylic oxidation sites excluding steroid dienone is 3. The topological polar surface area (TPSA) is 147 Å². The van der Waals surface area contributed by atoms with E-state index in [0.29, 0.717) is 41.5 Å². The zero-order valence-electron chi connectivity index (χ0n) is 28.9. The number of halogens is 2. The SMILES string of the molecule is CC.CC1CCN(C2=C(F)/C=C/N/N=C(/c3ccc(CNC=O)cc3)c3c(N)ncnc3/C=C\2)C1.COCO.COc1ccc(F)cc1C. The van der Waals surface area contributed by atoms with E-state index >= 15 is 4.39 Å². The van der Waals surface area contributed by atoms with Crippen molar-refractivity contribution in [2.75, 3.05) is 39.8 Å². The molecule has 3 heterocycles. The van der Waals surface area contributed by atoms with E-state index in [4.69, 9.17) is 15.6 Å². The molecule has 1 fully saturated rings. The van der Waals surface area contributed by atoms with Crippen LogP contribution in [0.5, 0.6) is 5.75 Å². The molecule has 264 valence electrons. The minimum Gasteiger partial charge on any atom is -0.496 e. The number of nitrogen functional groups attached to an aromatic ring is 1. The summed E-state index contributed by atoms with van der Waals surface area (Å²) in [6, 6.07) is 12.0. The van der Waals surface area contributed by atoms with E-state index in [-0.39, 0.29) is 24.3 Å². The van der Waals surface area contributed by atoms with Gasteiger partial charge in [0.05, 0.1) is 24.1 Å². The van der Waals surface area contributed by atoms with Crippen molar-refractivity contribution in [3.8, 4) is 5.75 Å². The third-order valence-electron chi connectivity index (χ3n) is 7.13. The number of aliphatic hydroxyl groups excluding tert-OH is 1. The molecule has 13 heteroatoms. The number of hydrogen-bond donors (Lipinski definition) is 4. The lowest BCUT2D eigenvalue weighted by atomic mass is 9.99. The van der Waals surface area contributed by atoms with Gasteiger partial charge in [0, 0.05) is 38.5 Å². The summed E-state index contributed by atoms with van der Waals surface area (Å²) in [5.74, 6) is 0.909. The molecule has 1 saturated heterocycles. The van der Waals surface area contributed by atoms with Crippen LogP contribution in [-0.4, -0.2) is 66.2 Å². The Morgan fingerprint density at radius 1 is 1.10 bits per heavy atom. The smallest absolute Gasteiger partial charge is 0.207 e. The summed E-state index contributed by atoms with van der Waals surface area (Å²) in [5.41, 5.74) is 13.7. The Bertz CT molecular complexity index is 1590. The maximum absolute atomic E-state index is 15.1. The first-order valence-corrected chi connectivity index (χ1v) is 15.8. The van der Waals surface area contributed by atoms with Crippen molar-refractivity contribution in [3.05, 3.63) is 112 Å². The van der Waals surface area contributed by atoms with Gasteiger partial charge in [-0.15, -0.1) is 0 Å². The minimum absolute atomic E-state index is 0.181. The second-order valence-electron chi connectivity index (χ2n) is 10.6. The highest BCUT2D eigenvalue weighted by molar-refractivity contribution is 6.16. The van der Waals surface area contributed by atoms with Crippen molar-refractivity contribution in [2.45, 2.75) is 40.7 Å². The molecule has 49 heavy (non-hydrogen) atoms. The number of rotatable bonds is 7. The van der Waals surface area contributed by atoms with Gasteiger partial charge < -0.3 is 30.5 Å². The fourth-order valence-corrected chi connectivity index (χ4v) is 4.77. The summed E-state index contributed by atoms with van der Waals surface area (Å²) >= 11 is 0. The quantitative estimate of drug-likeness (QED) is 0.189. The molecular weight excluding hydrogens is 632 g/mol. The van der Waals surface area contributed by atoms with E-state index in [1.54, 1.807) is 25.3 Å². The van der Waals surface area contributed by atoms with Gasteiger partial charge in [-0.3, -0.25) is 10.2 Å². The van der Waals surface area contributed by atoms with E-state index in [1.807, 2.05) is 49.9 Å². The Hall–Kier alpha value is -5.14. The fraction of sp³-hybridized carbons (Fsp3) is 0.333. The lowest BCUT2D eigenvalue weighted by Gasteiger charge is -2.19. The summed E-state index contributed by atoms with van der Waals surface area (Å²) in [7, 11) is 3.00. The van der Waals surface area contributed by atoms with Gasteiger partial charge >= 0.3 is 0 Å². The minimum atomic E-state index is -0.359. The molecule has 2 aliphatic heterocycles. The Morgan fingerprint density at radius 2 is 1.82 bits per heavy atom. The highest BCUT2D eigenvalue weighted by Gasteiger charge is 2.23. The predicted octanol–water partition coefficient (Wildman–Crippen LogP) is 5.46. The van der Waals surface area contributed by atoms with Gasteiger partial charge in [0.15, 0.2) is 0 Å². The highest BCUT2D eigenvalue weighted by Crippen LogP contribution is 2.27. The zero-order valence-corrected chi connectivity index (χ0v) is 28.9. The molecule has 1 aromatic heterocycles. The summed E-state index contributed by atoms with van der Waals surface area (Å²) in [5, 5.41) is 14.8. The van der Waals surface area contributed by atoms with Crippen LogP contribution in [0.1, 0.15) is 55.1 Å². The van der Waals surface area contributed by atoms with Crippen LogP contribution in [0, 0.1) is 18.7 Å². The van der Waals surface area contributed by atoms with Gasteiger partial charge in [0.2, 0.25) is 6.41 Å². The van der Waals surface area contributed by atoms with Gasteiger partial charge in [0.25, 0.3) is 0 Å². The monoisotopic (exact) mass is 679 g/mol. The van der Waals surface area contributed by atoms with Gasteiger partial charge in [-0.2, -0.15) is 5.10 Å². The molecule has 2 aliphatic rings. The number of anilines is 1. The van der Waals surface area contributed by atoms with Crippen LogP contribution >= 0.6 is 0 Å². The first-order valence-electron chi connectivity index (χ1n) is 15.8. The fourth-order valence-electron chi connectivity index (χ4n) is 4.77. The Morgan fingerprint density at radius 3 is 2.41 bits per heavy atom. The molecule has 11 nitrogen and oxygen atoms in total. The van der Waals surface area contributed by atoms with Gasteiger partial charge in [0.1, 0.15) is 42.0 Å². The average Bonchev–Trinajstić information content (AvgIpc) is 3.54. The van der Waals surface area contributed by atoms with Crippen molar-refractivity contribution in [3.63, 3.8) is 0 Å². The molecule has 1 unspecified atom stereocenters. The second kappa shape index (κ2) is 21.7. The number of likely N-dealkylation sites (tertiary alicyclic amines) is 1. The third-order valence-corrected chi connectivity index (χ3v) is 7.13. The number of amides is 1. The number of aliphatic hydroxyl groups is 1. The number of nitrogens with two attached hydrogens (primary N) is 1. The van der Waals surface area contributed by atoms with E-state index in [2.05, 4.69) is 37.5 Å². The van der Waals surface area contributed by atoms with Crippen LogP contribution in [0.4, 0.5) is 14.6 Å². The highest BCUT2D eigenvalue weighted by atomic mass is 19.1. The maximum atomic E-state index is 15.1. The van der Waals surface area contributed by atoms with E-state index < -0.39 is 0 Å². The molecule has 2 aromatic carbocycles. The molecule has 5 N–H and O–H groups in total. The first kappa shape index (κ1) is 40.0. The molecule has 0 bridgehead atoms. The molecule has 0 saturated carbocycles. The summed E-state index contributed by atoms with van der Waals surface area (Å²) in [6.07, 6.45) is 9.36. The number of carbonyl (C=O) groups excluding carboxylic acids is 1. The molecule has 5 rings (SSSR count). The van der Waals surface area contributed by atoms with Crippen LogP contribution in [0.2, 0.25) is 0 Å². The molecule has 1 amide bonds. The number of methoxy groups -OCH3 is 2. The number of aryl methyl sites for hydroxylation is 1. The molecule has 0 radical (unpaired) electrons. The van der Waals surface area contributed by atoms with E-state index in [0.717, 1.165) is 42.0 Å². The van der Waals surface area contributed by atoms with Gasteiger partial charge in [-0.05, 0) is 66.8 Å². The van der Waals surface area contributed by atoms with Crippen molar-refractivity contribution < 1.29 is 28.2 Å². The average molecular weight is 680 g/mol. The number of nitrogens with one attached hydrogen (secondary N) is 2. The predicted molar refractivity (Wildman–Crippen MR) is 189 cm³/mol. The standard InChI is InChI=1S/C24H26FN7O.C8H9FO.C2H6O2.C2H6/c1-16-9-11-32(13-16)21-7-6-20-22(24(26)29-14-28-20)23(31-30-10-8-19(21)25)18-4-2-17(3-5-18)12-27-15-33;1-6-5-7(9)3-4-8(6)10-2;1-4-2-3;1-2/h2-8,10,14-16,30H,9,11-13H2,1H3,(H,27,33)(H2,26,28,29);3-5H,1-2H3;3H,2H2,1H3;1-2H3/b7-6-,10-8+,21-19-,31-23-;;;. The van der Waals surface area contributed by atoms with E-state index in [9.17, 15) is 9.18 Å². The summed E-state index contributed by atoms with van der Waals surface area (Å²) in [4.78, 5) is 21.2. The largest absolute Gasteiger partial charge is 0.496 e. The number of nitrogens with zero attached hydrogens (tertiary/aromatic N) is 4. The molecule has 0 spiro atoms. The molecule has 0 aliphatic carbocycles. The van der Waals surface area contributed by atoms with Crippen LogP contribution in [0.3, 0.4) is 0 Å². The molecule has 3 aromatic rings. The Kier molecular flexibility index (Phi) is 17.7. The Labute approximate surface area is 287 Å². The third kappa shape index (κ3) is 12.4. The lowest BCUT2D eigenvalue weighted by Crippen LogP contribution is -2.19. The van der Waals surface area contributed by atoms with Crippen molar-refractivity contribution >= 4 is 24.0 Å². The first-order chi connectivity index (χ1) is 23.7. The normalized spacial score (nSPS) is 18.8. The van der Waals surface area contributed by atoms with Crippen LogP contribution in [0.25, 0.3) is 6.08 Å². The Balaban J connectivity index is 0.000000432. The van der Waals surface area contributed by atoms with Crippen molar-refractivity contribution in [1.82, 2.24) is 25.6 Å². The van der Waals surface area contributed by atoms with Crippen LogP contribution in [-0.2, 0) is 16.1 Å². The molecular formula is C36H47F2N7O4. The van der Waals surface area contributed by atoms with Crippen LogP contribution in [0.15, 0.2) is 83.8 Å². The maximum Gasteiger partial charge on any atom is 0.207 e. The number of fused-ring (bicyclic) bond motifs is 1. The second-order valence-corrected chi connectivity index (χ2v) is 10.6. The van der Waals surface area contributed by atoms with E-state index in [1.165, 1.54) is 37.8 Å². The summed E-state index contributed by atoms with van der Waals surface area (Å²) in [6.45, 7) is 9.79. The van der Waals surface area contributed by atoms with Gasteiger partial charge in [-0.1, -0.05) is 45.0 Å². The zero-order chi connectivity index (χ0) is 36.2. The number of hydrazone groups is 1. The number of hydrogen-bond acceptors (Lipinski definition) is 10. The van der Waals surface area contributed by atoms with Crippen molar-refractivity contribution in [1.29, 1.82) is 0 Å². The molecule has 1 atom stereocenters. The van der Waals surface area contributed by atoms with Crippen LogP contribution < -0.4 is 21.2 Å². The number of benzene rings is 2. The van der Waals surface area contributed by atoms with Gasteiger partial charge in [-0.25, -0.2) is 18.7 Å². The number of aromatic nitrogens is 2. The van der Waals surface area contributed by atoms with Crippen molar-refractivity contribution in [2.24, 2.45) is 11.0 Å². The summed E-state index contributed by atoms with van der Waals surface area (Å²) < 4.78 is 36.5. The number of carbonyl (C=O) groups is 1. The lowest BCUT2D eigenvalue weighted by molar-refractivity contribution is -0.109.